The highest BCUT2D eigenvalue weighted by molar-refractivity contribution is 5.13. The highest BCUT2D eigenvalue weighted by Gasteiger charge is 2.66. The van der Waals surface area contributed by atoms with E-state index in [9.17, 15) is 0 Å². The summed E-state index contributed by atoms with van der Waals surface area (Å²) in [7, 11) is 0. The van der Waals surface area contributed by atoms with Crippen molar-refractivity contribution in [2.75, 3.05) is 0 Å². The average Bonchev–Trinajstić information content (AvgIpc) is 2.76. The molecule has 3 saturated carbocycles. The van der Waals surface area contributed by atoms with Crippen molar-refractivity contribution in [1.29, 1.82) is 0 Å². The molecule has 0 heterocycles. The summed E-state index contributed by atoms with van der Waals surface area (Å²) >= 11 is 0. The first-order valence-electron chi connectivity index (χ1n) is 7.04. The zero-order valence-electron chi connectivity index (χ0n) is 10.9. The summed E-state index contributed by atoms with van der Waals surface area (Å²) in [6.45, 7) is 12.4. The molecule has 3 aliphatic rings. The fourth-order valence-corrected chi connectivity index (χ4v) is 5.82. The van der Waals surface area contributed by atoms with Crippen LogP contribution in [-0.2, 0) is 0 Å². The first-order chi connectivity index (χ1) is 7.04. The molecule has 0 nitrogen and oxygen atoms in total. The molecule has 0 aliphatic heterocycles. The summed E-state index contributed by atoms with van der Waals surface area (Å²) in [5, 5.41) is 0. The van der Waals surface area contributed by atoms with Gasteiger partial charge in [0.15, 0.2) is 0 Å². The third-order valence-corrected chi connectivity index (χ3v) is 6.24. The Bertz CT molecular complexity index is 267. The molecule has 0 N–H and O–H groups in total. The van der Waals surface area contributed by atoms with E-state index in [1.807, 2.05) is 0 Å². The van der Waals surface area contributed by atoms with Gasteiger partial charge < -0.3 is 0 Å². The van der Waals surface area contributed by atoms with Crippen molar-refractivity contribution in [1.82, 2.24) is 0 Å². The highest BCUT2D eigenvalue weighted by atomic mass is 14.7. The van der Waals surface area contributed by atoms with Crippen LogP contribution in [0.25, 0.3) is 0 Å². The van der Waals surface area contributed by atoms with Gasteiger partial charge in [0.1, 0.15) is 0 Å². The molecule has 0 radical (unpaired) electrons. The molecule has 3 aliphatic carbocycles. The maximum absolute atomic E-state index is 2.53. The number of hydrogen-bond donors (Lipinski definition) is 0. The predicted molar refractivity (Wildman–Crippen MR) is 64.4 cm³/mol. The average molecular weight is 206 g/mol. The third kappa shape index (κ3) is 1.14. The lowest BCUT2D eigenvalue weighted by Crippen LogP contribution is -2.51. The van der Waals surface area contributed by atoms with Crippen molar-refractivity contribution >= 4 is 0 Å². The Morgan fingerprint density at radius 2 is 1.53 bits per heavy atom. The number of fused-ring (bicyclic) bond motifs is 3. The predicted octanol–water partition coefficient (Wildman–Crippen LogP) is 4.06. The van der Waals surface area contributed by atoms with E-state index in [0.29, 0.717) is 0 Å². The van der Waals surface area contributed by atoms with Gasteiger partial charge in [-0.2, -0.15) is 0 Å². The van der Waals surface area contributed by atoms with Crippen molar-refractivity contribution in [3.63, 3.8) is 0 Å². The Labute approximate surface area is 94.8 Å². The van der Waals surface area contributed by atoms with E-state index in [1.165, 1.54) is 0 Å². The minimum atomic E-state index is 0.916. The molecule has 0 aromatic carbocycles. The Hall–Kier alpha value is 0. The molecule has 0 aromatic rings. The Morgan fingerprint density at radius 1 is 0.867 bits per heavy atom. The molecule has 0 amide bonds. The van der Waals surface area contributed by atoms with Gasteiger partial charge in [-0.1, -0.05) is 34.6 Å². The van der Waals surface area contributed by atoms with Crippen LogP contribution in [0, 0.1) is 53.3 Å². The topological polar surface area (TPSA) is 0 Å². The van der Waals surface area contributed by atoms with Crippen LogP contribution < -0.4 is 0 Å². The molecule has 8 atom stereocenters. The lowest BCUT2D eigenvalue weighted by Gasteiger charge is -2.57. The molecule has 0 aromatic heterocycles. The van der Waals surface area contributed by atoms with Gasteiger partial charge >= 0.3 is 0 Å². The lowest BCUT2D eigenvalue weighted by molar-refractivity contribution is -0.0887. The van der Waals surface area contributed by atoms with Crippen molar-refractivity contribution in [3.05, 3.63) is 0 Å². The molecule has 15 heavy (non-hydrogen) atoms. The summed E-state index contributed by atoms with van der Waals surface area (Å²) < 4.78 is 0. The van der Waals surface area contributed by atoms with E-state index in [0.717, 1.165) is 53.3 Å². The summed E-state index contributed by atoms with van der Waals surface area (Å²) in [5.74, 6) is 9.54. The lowest BCUT2D eigenvalue weighted by atomic mass is 9.48. The van der Waals surface area contributed by atoms with Crippen LogP contribution in [0.15, 0.2) is 0 Å². The first kappa shape index (κ1) is 10.2. The minimum Gasteiger partial charge on any atom is -0.0625 e. The van der Waals surface area contributed by atoms with Crippen molar-refractivity contribution in [2.24, 2.45) is 53.3 Å². The SMILES string of the molecule is CC(C)C1C(C)C2C1CC(C)C1C(C)C12. The second-order valence-electron chi connectivity index (χ2n) is 7.15. The molecule has 8 unspecified atom stereocenters. The van der Waals surface area contributed by atoms with E-state index >= 15 is 0 Å². The van der Waals surface area contributed by atoms with E-state index in [-0.39, 0.29) is 0 Å². The van der Waals surface area contributed by atoms with Gasteiger partial charge in [-0.25, -0.2) is 0 Å². The van der Waals surface area contributed by atoms with Crippen LogP contribution in [0.1, 0.15) is 41.0 Å². The molecule has 3 rings (SSSR count). The molecule has 3 fully saturated rings. The zero-order chi connectivity index (χ0) is 10.9. The number of rotatable bonds is 1. The summed E-state index contributed by atoms with van der Waals surface area (Å²) in [6, 6.07) is 0. The molecule has 0 bridgehead atoms. The Kier molecular flexibility index (Phi) is 2.05. The Balaban J connectivity index is 1.79. The molecule has 0 spiro atoms. The van der Waals surface area contributed by atoms with Crippen LogP contribution in [0.3, 0.4) is 0 Å². The minimum absolute atomic E-state index is 0.916. The second kappa shape index (κ2) is 3.02. The van der Waals surface area contributed by atoms with E-state index < -0.39 is 0 Å². The third-order valence-electron chi connectivity index (χ3n) is 6.24. The van der Waals surface area contributed by atoms with Crippen LogP contribution in [0.2, 0.25) is 0 Å². The van der Waals surface area contributed by atoms with Gasteiger partial charge in [0.05, 0.1) is 0 Å². The van der Waals surface area contributed by atoms with E-state index in [1.54, 1.807) is 6.42 Å². The van der Waals surface area contributed by atoms with E-state index in [2.05, 4.69) is 34.6 Å². The van der Waals surface area contributed by atoms with Gasteiger partial charge in [-0.3, -0.25) is 0 Å². The normalized spacial score (nSPS) is 62.0. The van der Waals surface area contributed by atoms with Gasteiger partial charge in [-0.15, -0.1) is 0 Å². The van der Waals surface area contributed by atoms with Crippen LogP contribution in [-0.4, -0.2) is 0 Å². The second-order valence-corrected chi connectivity index (χ2v) is 7.15. The van der Waals surface area contributed by atoms with Crippen LogP contribution in [0.5, 0.6) is 0 Å². The number of hydrogen-bond acceptors (Lipinski definition) is 0. The standard InChI is InChI=1S/C15H26/c1-7(2)12-9(4)14-11(12)6-8(3)13-10(5)15(13)14/h7-15H,6H2,1-5H3. The summed E-state index contributed by atoms with van der Waals surface area (Å²) in [6.07, 6.45) is 1.55. The summed E-state index contributed by atoms with van der Waals surface area (Å²) in [5.41, 5.74) is 0. The molecule has 86 valence electrons. The Morgan fingerprint density at radius 3 is 2.13 bits per heavy atom. The largest absolute Gasteiger partial charge is 0.0625 e. The fourth-order valence-electron chi connectivity index (χ4n) is 5.82. The fraction of sp³-hybridized carbons (Fsp3) is 1.00. The maximum Gasteiger partial charge on any atom is -0.0318 e. The van der Waals surface area contributed by atoms with E-state index in [4.69, 9.17) is 0 Å². The van der Waals surface area contributed by atoms with Gasteiger partial charge in [0.2, 0.25) is 0 Å². The molecular formula is C15H26. The molecule has 0 saturated heterocycles. The van der Waals surface area contributed by atoms with Crippen molar-refractivity contribution in [2.45, 2.75) is 41.0 Å². The van der Waals surface area contributed by atoms with Crippen LogP contribution >= 0.6 is 0 Å². The van der Waals surface area contributed by atoms with Gasteiger partial charge in [0.25, 0.3) is 0 Å². The van der Waals surface area contributed by atoms with Crippen molar-refractivity contribution in [3.8, 4) is 0 Å². The smallest absolute Gasteiger partial charge is 0.0318 e. The zero-order valence-corrected chi connectivity index (χ0v) is 10.9. The first-order valence-corrected chi connectivity index (χ1v) is 7.04. The van der Waals surface area contributed by atoms with Crippen LogP contribution in [0.4, 0.5) is 0 Å². The van der Waals surface area contributed by atoms with Gasteiger partial charge in [-0.05, 0) is 59.7 Å². The summed E-state index contributed by atoms with van der Waals surface area (Å²) in [4.78, 5) is 0. The van der Waals surface area contributed by atoms with Crippen molar-refractivity contribution < 1.29 is 0 Å². The monoisotopic (exact) mass is 206 g/mol. The highest BCUT2D eigenvalue weighted by Crippen LogP contribution is 2.71. The molecule has 0 heteroatoms. The quantitative estimate of drug-likeness (QED) is 0.607. The van der Waals surface area contributed by atoms with Gasteiger partial charge in [0, 0.05) is 0 Å². The maximum atomic E-state index is 2.53. The molecular weight excluding hydrogens is 180 g/mol.